The summed E-state index contributed by atoms with van der Waals surface area (Å²) < 4.78 is 18.3. The van der Waals surface area contributed by atoms with E-state index in [1.54, 1.807) is 32.7 Å². The number of ether oxygens (including phenoxy) is 3. The van der Waals surface area contributed by atoms with Gasteiger partial charge in [-0.25, -0.2) is 4.99 Å². The van der Waals surface area contributed by atoms with Crippen molar-refractivity contribution in [3.63, 3.8) is 0 Å². The van der Waals surface area contributed by atoms with E-state index in [1.165, 1.54) is 0 Å². The molecule has 1 heterocycles. The predicted octanol–water partition coefficient (Wildman–Crippen LogP) is 3.86. The molecule has 7 heteroatoms. The van der Waals surface area contributed by atoms with Crippen molar-refractivity contribution in [2.24, 2.45) is 4.99 Å². The van der Waals surface area contributed by atoms with Crippen LogP contribution in [0.25, 0.3) is 11.3 Å². The second-order valence-corrected chi connectivity index (χ2v) is 6.82. The van der Waals surface area contributed by atoms with E-state index in [1.807, 2.05) is 42.5 Å². The lowest BCUT2D eigenvalue weighted by atomic mass is 10.1. The number of benzene rings is 2. The predicted molar refractivity (Wildman–Crippen MR) is 111 cm³/mol. The van der Waals surface area contributed by atoms with E-state index in [0.29, 0.717) is 24.5 Å². The Kier molecular flexibility index (Phi) is 6.73. The van der Waals surface area contributed by atoms with Gasteiger partial charge in [-0.2, -0.15) is 0 Å². The molecule has 0 atom stereocenters. The highest BCUT2D eigenvalue weighted by Gasteiger charge is 2.12. The minimum absolute atomic E-state index is 0.113. The first kappa shape index (κ1) is 20.0. The number of para-hydroxylation sites is 2. The van der Waals surface area contributed by atoms with Gasteiger partial charge in [0, 0.05) is 24.1 Å². The van der Waals surface area contributed by atoms with Crippen LogP contribution in [0.3, 0.4) is 0 Å². The minimum Gasteiger partial charge on any atom is -0.494 e. The maximum atomic E-state index is 9.34. The van der Waals surface area contributed by atoms with E-state index in [-0.39, 0.29) is 6.61 Å². The summed E-state index contributed by atoms with van der Waals surface area (Å²) in [5.74, 6) is 2.07. The number of nitrogens with zero attached hydrogens (tertiary/aromatic N) is 2. The van der Waals surface area contributed by atoms with Crippen LogP contribution in [0, 0.1) is 0 Å². The Balaban J connectivity index is 2.12. The normalized spacial score (nSPS) is 11.5. The lowest BCUT2D eigenvalue weighted by molar-refractivity contribution is 0.279. The summed E-state index contributed by atoms with van der Waals surface area (Å²) in [4.78, 5) is 5.64. The Morgan fingerprint density at radius 3 is 2.43 bits per heavy atom. The van der Waals surface area contributed by atoms with Crippen molar-refractivity contribution < 1.29 is 19.3 Å². The molecular formula is C21H24N2O4S. The molecule has 3 aromatic rings. The molecule has 0 amide bonds. The van der Waals surface area contributed by atoms with E-state index >= 15 is 0 Å². The van der Waals surface area contributed by atoms with Crippen LogP contribution < -0.4 is 19.0 Å². The number of aromatic nitrogens is 1. The quantitative estimate of drug-likeness (QED) is 0.624. The smallest absolute Gasteiger partial charge is 0.190 e. The van der Waals surface area contributed by atoms with Gasteiger partial charge in [-0.3, -0.25) is 0 Å². The average Bonchev–Trinajstić information content (AvgIpc) is 3.14. The molecule has 2 aromatic carbocycles. The molecule has 0 fully saturated rings. The number of aliphatic hydroxyl groups excluding tert-OH is 1. The van der Waals surface area contributed by atoms with Crippen molar-refractivity contribution in [2.45, 2.75) is 13.0 Å². The molecule has 1 aromatic heterocycles. The SMILES string of the molecule is COc1ccccc1N=c1scc(-c2ccc(OC)c(OC)c2)n1CCCO. The number of hydrogen-bond acceptors (Lipinski definition) is 6. The Bertz CT molecular complexity index is 994. The van der Waals surface area contributed by atoms with E-state index in [0.717, 1.165) is 27.5 Å². The van der Waals surface area contributed by atoms with Crippen LogP contribution in [0.1, 0.15) is 6.42 Å². The molecule has 0 saturated heterocycles. The van der Waals surface area contributed by atoms with Gasteiger partial charge < -0.3 is 23.9 Å². The van der Waals surface area contributed by atoms with Crippen molar-refractivity contribution in [3.05, 3.63) is 52.6 Å². The van der Waals surface area contributed by atoms with Crippen molar-refractivity contribution >= 4 is 17.0 Å². The van der Waals surface area contributed by atoms with Crippen molar-refractivity contribution in [1.82, 2.24) is 4.57 Å². The van der Waals surface area contributed by atoms with Crippen LogP contribution in [0.5, 0.6) is 17.2 Å². The van der Waals surface area contributed by atoms with Crippen LogP contribution in [0.4, 0.5) is 5.69 Å². The van der Waals surface area contributed by atoms with Gasteiger partial charge in [0.25, 0.3) is 0 Å². The van der Waals surface area contributed by atoms with Gasteiger partial charge in [0.2, 0.25) is 0 Å². The van der Waals surface area contributed by atoms with Gasteiger partial charge in [0.15, 0.2) is 16.3 Å². The highest BCUT2D eigenvalue weighted by atomic mass is 32.1. The summed E-state index contributed by atoms with van der Waals surface area (Å²) in [6.07, 6.45) is 0.635. The Labute approximate surface area is 168 Å². The van der Waals surface area contributed by atoms with E-state index in [2.05, 4.69) is 9.95 Å². The number of thiazole rings is 1. The molecule has 3 rings (SSSR count). The summed E-state index contributed by atoms with van der Waals surface area (Å²) in [7, 11) is 4.88. The van der Waals surface area contributed by atoms with Gasteiger partial charge >= 0.3 is 0 Å². The zero-order chi connectivity index (χ0) is 19.9. The molecule has 6 nitrogen and oxygen atoms in total. The number of rotatable bonds is 8. The standard InChI is InChI=1S/C21H24N2O4S/c1-25-18-8-5-4-7-16(18)22-21-23(11-6-12-24)17(14-28-21)15-9-10-19(26-2)20(13-15)27-3/h4-5,7-10,13-14,24H,6,11-12H2,1-3H3. The van der Waals surface area contributed by atoms with Crippen LogP contribution in [-0.4, -0.2) is 37.6 Å². The maximum Gasteiger partial charge on any atom is 0.190 e. The van der Waals surface area contributed by atoms with Crippen LogP contribution in [0.2, 0.25) is 0 Å². The molecule has 0 unspecified atom stereocenters. The topological polar surface area (TPSA) is 65.2 Å². The number of aliphatic hydroxyl groups is 1. The van der Waals surface area contributed by atoms with Crippen LogP contribution >= 0.6 is 11.3 Å². The van der Waals surface area contributed by atoms with Crippen molar-refractivity contribution in [2.75, 3.05) is 27.9 Å². The molecular weight excluding hydrogens is 376 g/mol. The van der Waals surface area contributed by atoms with Gasteiger partial charge in [-0.15, -0.1) is 11.3 Å². The second kappa shape index (κ2) is 9.43. The van der Waals surface area contributed by atoms with Gasteiger partial charge in [0.1, 0.15) is 11.4 Å². The molecule has 0 saturated carbocycles. The van der Waals surface area contributed by atoms with E-state index < -0.39 is 0 Å². The third-order valence-electron chi connectivity index (χ3n) is 4.32. The van der Waals surface area contributed by atoms with Crippen LogP contribution in [-0.2, 0) is 6.54 Å². The monoisotopic (exact) mass is 400 g/mol. The lowest BCUT2D eigenvalue weighted by Crippen LogP contribution is -2.16. The fourth-order valence-electron chi connectivity index (χ4n) is 2.92. The molecule has 0 aliphatic heterocycles. The van der Waals surface area contributed by atoms with Gasteiger partial charge in [-0.05, 0) is 36.8 Å². The van der Waals surface area contributed by atoms with Gasteiger partial charge in [0.05, 0.1) is 27.0 Å². The van der Waals surface area contributed by atoms with E-state index in [9.17, 15) is 5.11 Å². The summed E-state index contributed by atoms with van der Waals surface area (Å²) in [5.41, 5.74) is 2.77. The first-order valence-electron chi connectivity index (χ1n) is 8.91. The third-order valence-corrected chi connectivity index (χ3v) is 5.18. The van der Waals surface area contributed by atoms with E-state index in [4.69, 9.17) is 19.2 Å². The molecule has 148 valence electrons. The zero-order valence-electron chi connectivity index (χ0n) is 16.2. The number of hydrogen-bond donors (Lipinski definition) is 1. The molecule has 28 heavy (non-hydrogen) atoms. The molecule has 0 aliphatic rings. The minimum atomic E-state index is 0.113. The maximum absolute atomic E-state index is 9.34. The molecule has 0 aliphatic carbocycles. The number of methoxy groups -OCH3 is 3. The Morgan fingerprint density at radius 2 is 1.71 bits per heavy atom. The molecule has 0 spiro atoms. The Morgan fingerprint density at radius 1 is 0.964 bits per heavy atom. The van der Waals surface area contributed by atoms with Crippen molar-refractivity contribution in [3.8, 4) is 28.5 Å². The highest BCUT2D eigenvalue weighted by Crippen LogP contribution is 2.33. The molecule has 0 radical (unpaired) electrons. The van der Waals surface area contributed by atoms with Gasteiger partial charge in [-0.1, -0.05) is 12.1 Å². The largest absolute Gasteiger partial charge is 0.494 e. The van der Waals surface area contributed by atoms with Crippen molar-refractivity contribution in [1.29, 1.82) is 0 Å². The first-order chi connectivity index (χ1) is 13.7. The summed E-state index contributed by atoms with van der Waals surface area (Å²) in [6.45, 7) is 0.764. The molecule has 0 bridgehead atoms. The highest BCUT2D eigenvalue weighted by molar-refractivity contribution is 7.07. The average molecular weight is 401 g/mol. The summed E-state index contributed by atoms with van der Waals surface area (Å²) in [5, 5.41) is 11.4. The first-order valence-corrected chi connectivity index (χ1v) is 9.79. The summed E-state index contributed by atoms with van der Waals surface area (Å²) >= 11 is 1.55. The molecule has 1 N–H and O–H groups in total. The third kappa shape index (κ3) is 4.21. The fourth-order valence-corrected chi connectivity index (χ4v) is 3.86. The zero-order valence-corrected chi connectivity index (χ0v) is 17.0. The lowest BCUT2D eigenvalue weighted by Gasteiger charge is -2.12. The second-order valence-electron chi connectivity index (χ2n) is 5.99. The Hall–Kier alpha value is -2.77. The van der Waals surface area contributed by atoms with Crippen LogP contribution in [0.15, 0.2) is 52.8 Å². The summed E-state index contributed by atoms with van der Waals surface area (Å²) in [6, 6.07) is 13.5. The fraction of sp³-hybridized carbons (Fsp3) is 0.286.